The van der Waals surface area contributed by atoms with Crippen LogP contribution in [0.3, 0.4) is 0 Å². The summed E-state index contributed by atoms with van der Waals surface area (Å²) in [6, 6.07) is -0.704. The largest absolute Gasteiger partial charge is 0.383 e. The van der Waals surface area contributed by atoms with Gasteiger partial charge in [0.1, 0.15) is 12.1 Å². The highest BCUT2D eigenvalue weighted by atomic mass is 16.3. The Morgan fingerprint density at radius 3 is 1.94 bits per heavy atom. The van der Waals surface area contributed by atoms with Gasteiger partial charge >= 0.3 is 0 Å². The number of nitrogens with one attached hydrogen (secondary N) is 1. The van der Waals surface area contributed by atoms with Gasteiger partial charge in [0.05, 0.1) is 0 Å². The molecular weight excluding hydrogens is 220 g/mol. The van der Waals surface area contributed by atoms with Crippen molar-refractivity contribution in [1.29, 1.82) is 0 Å². The number of carbonyl (C=O) groups is 2. The summed E-state index contributed by atoms with van der Waals surface area (Å²) in [5.41, 5.74) is 5.20. The van der Waals surface area contributed by atoms with Crippen LogP contribution >= 0.6 is 0 Å². The van der Waals surface area contributed by atoms with Gasteiger partial charge in [-0.05, 0) is 24.7 Å². The predicted octanol–water partition coefficient (Wildman–Crippen LogP) is 0.410. The van der Waals surface area contributed by atoms with Crippen molar-refractivity contribution in [3.63, 3.8) is 0 Å². The maximum Gasteiger partial charge on any atom is 0.249 e. The fourth-order valence-electron chi connectivity index (χ4n) is 1.54. The van der Waals surface area contributed by atoms with Crippen LogP contribution in [0.5, 0.6) is 0 Å². The second kappa shape index (κ2) is 7.27. The average molecular weight is 244 g/mol. The van der Waals surface area contributed by atoms with Gasteiger partial charge in [0.2, 0.25) is 11.8 Å². The Bertz CT molecular complexity index is 264. The molecule has 0 aromatic heterocycles. The van der Waals surface area contributed by atoms with E-state index in [1.807, 2.05) is 27.7 Å². The van der Waals surface area contributed by atoms with Crippen LogP contribution in [0.2, 0.25) is 0 Å². The molecule has 0 aromatic carbocycles. The maximum atomic E-state index is 11.6. The molecule has 0 rings (SSSR count). The van der Waals surface area contributed by atoms with Crippen molar-refractivity contribution in [2.75, 3.05) is 0 Å². The number of hydrogen-bond donors (Lipinski definition) is 3. The summed E-state index contributed by atoms with van der Waals surface area (Å²) in [5.74, 6) is -0.630. The number of aliphatic hydroxyl groups excluding tert-OH is 1. The van der Waals surface area contributed by atoms with E-state index < -0.39 is 24.0 Å². The first-order chi connectivity index (χ1) is 7.73. The lowest BCUT2D eigenvalue weighted by Gasteiger charge is -2.20. The van der Waals surface area contributed by atoms with Gasteiger partial charge in [-0.25, -0.2) is 0 Å². The van der Waals surface area contributed by atoms with Gasteiger partial charge in [0, 0.05) is 0 Å². The second-order valence-electron chi connectivity index (χ2n) is 5.24. The number of hydrogen-bond acceptors (Lipinski definition) is 3. The van der Waals surface area contributed by atoms with E-state index >= 15 is 0 Å². The van der Waals surface area contributed by atoms with E-state index in [9.17, 15) is 14.7 Å². The highest BCUT2D eigenvalue weighted by molar-refractivity contribution is 5.88. The molecule has 0 heterocycles. The van der Waals surface area contributed by atoms with Crippen LogP contribution in [0.1, 0.15) is 40.5 Å². The first kappa shape index (κ1) is 15.9. The summed E-state index contributed by atoms with van der Waals surface area (Å²) in [4.78, 5) is 22.7. The predicted molar refractivity (Wildman–Crippen MR) is 66.0 cm³/mol. The molecule has 0 bridgehead atoms. The summed E-state index contributed by atoms with van der Waals surface area (Å²) < 4.78 is 0. The molecule has 100 valence electrons. The molecule has 0 saturated heterocycles. The summed E-state index contributed by atoms with van der Waals surface area (Å²) in [6.07, 6.45) is -0.224. The van der Waals surface area contributed by atoms with Crippen molar-refractivity contribution in [1.82, 2.24) is 5.32 Å². The third-order valence-corrected chi connectivity index (χ3v) is 2.36. The molecule has 0 aliphatic heterocycles. The van der Waals surface area contributed by atoms with E-state index in [0.717, 1.165) is 0 Å². The molecule has 0 spiro atoms. The van der Waals surface area contributed by atoms with Crippen LogP contribution in [-0.4, -0.2) is 29.1 Å². The SMILES string of the molecule is CC(C)C[C@H](NC(=O)[C@@H](O)CC(C)C)C(N)=O. The summed E-state index contributed by atoms with van der Waals surface area (Å²) in [5, 5.41) is 12.1. The number of primary amides is 1. The molecule has 0 fully saturated rings. The molecule has 17 heavy (non-hydrogen) atoms. The standard InChI is InChI=1S/C12H24N2O3/c1-7(2)5-9(11(13)16)14-12(17)10(15)6-8(3)4/h7-10,15H,5-6H2,1-4H3,(H2,13,16)(H,14,17)/t9-,10-/m0/s1. The Labute approximate surface area is 103 Å². The van der Waals surface area contributed by atoms with Crippen molar-refractivity contribution in [3.05, 3.63) is 0 Å². The quantitative estimate of drug-likeness (QED) is 0.605. The third-order valence-electron chi connectivity index (χ3n) is 2.36. The van der Waals surface area contributed by atoms with Gasteiger partial charge < -0.3 is 16.2 Å². The van der Waals surface area contributed by atoms with Gasteiger partial charge in [-0.1, -0.05) is 27.7 Å². The molecule has 0 aliphatic rings. The van der Waals surface area contributed by atoms with E-state index in [0.29, 0.717) is 12.8 Å². The lowest BCUT2D eigenvalue weighted by molar-refractivity contribution is -0.134. The van der Waals surface area contributed by atoms with E-state index in [1.165, 1.54) is 0 Å². The minimum absolute atomic E-state index is 0.216. The molecule has 4 N–H and O–H groups in total. The monoisotopic (exact) mass is 244 g/mol. The zero-order valence-electron chi connectivity index (χ0n) is 11.1. The van der Waals surface area contributed by atoms with Gasteiger partial charge in [-0.3, -0.25) is 9.59 Å². The Morgan fingerprint density at radius 1 is 1.12 bits per heavy atom. The van der Waals surface area contributed by atoms with Crippen molar-refractivity contribution >= 4 is 11.8 Å². The number of aliphatic hydroxyl groups is 1. The fraction of sp³-hybridized carbons (Fsp3) is 0.833. The normalized spacial score (nSPS) is 14.8. The van der Waals surface area contributed by atoms with Crippen LogP contribution < -0.4 is 11.1 Å². The first-order valence-electron chi connectivity index (χ1n) is 6.01. The van der Waals surface area contributed by atoms with E-state index in [-0.39, 0.29) is 11.8 Å². The van der Waals surface area contributed by atoms with E-state index in [2.05, 4.69) is 5.32 Å². The second-order valence-corrected chi connectivity index (χ2v) is 5.24. The lowest BCUT2D eigenvalue weighted by Crippen LogP contribution is -2.48. The molecule has 0 aliphatic carbocycles. The fourth-order valence-corrected chi connectivity index (χ4v) is 1.54. The summed E-state index contributed by atoms with van der Waals surface area (Å²) in [7, 11) is 0. The van der Waals surface area contributed by atoms with E-state index in [4.69, 9.17) is 5.73 Å². The van der Waals surface area contributed by atoms with Crippen LogP contribution in [0.25, 0.3) is 0 Å². The maximum absolute atomic E-state index is 11.6. The van der Waals surface area contributed by atoms with Crippen molar-refractivity contribution < 1.29 is 14.7 Å². The Hall–Kier alpha value is -1.10. The molecule has 2 atom stereocenters. The highest BCUT2D eigenvalue weighted by Gasteiger charge is 2.23. The lowest BCUT2D eigenvalue weighted by atomic mass is 10.0. The first-order valence-corrected chi connectivity index (χ1v) is 6.01. The Morgan fingerprint density at radius 2 is 1.59 bits per heavy atom. The average Bonchev–Trinajstić information content (AvgIpc) is 2.14. The van der Waals surface area contributed by atoms with Crippen LogP contribution in [-0.2, 0) is 9.59 Å². The Balaban J connectivity index is 4.35. The molecule has 0 radical (unpaired) electrons. The topological polar surface area (TPSA) is 92.4 Å². The molecule has 5 heteroatoms. The van der Waals surface area contributed by atoms with Crippen molar-refractivity contribution in [2.24, 2.45) is 17.6 Å². The Kier molecular flexibility index (Phi) is 6.80. The van der Waals surface area contributed by atoms with E-state index in [1.54, 1.807) is 0 Å². The van der Waals surface area contributed by atoms with Crippen LogP contribution in [0.4, 0.5) is 0 Å². The van der Waals surface area contributed by atoms with Crippen molar-refractivity contribution in [3.8, 4) is 0 Å². The number of nitrogens with two attached hydrogens (primary N) is 1. The number of amides is 2. The van der Waals surface area contributed by atoms with Crippen LogP contribution in [0.15, 0.2) is 0 Å². The number of rotatable bonds is 7. The van der Waals surface area contributed by atoms with Crippen LogP contribution in [0, 0.1) is 11.8 Å². The van der Waals surface area contributed by atoms with Gasteiger partial charge in [0.15, 0.2) is 0 Å². The summed E-state index contributed by atoms with van der Waals surface area (Å²) in [6.45, 7) is 7.70. The zero-order chi connectivity index (χ0) is 13.6. The van der Waals surface area contributed by atoms with Crippen molar-refractivity contribution in [2.45, 2.75) is 52.7 Å². The van der Waals surface area contributed by atoms with Gasteiger partial charge in [-0.2, -0.15) is 0 Å². The molecule has 0 unspecified atom stereocenters. The molecular formula is C12H24N2O3. The van der Waals surface area contributed by atoms with Gasteiger partial charge in [0.25, 0.3) is 0 Å². The zero-order valence-corrected chi connectivity index (χ0v) is 11.1. The molecule has 2 amide bonds. The molecule has 0 saturated carbocycles. The minimum atomic E-state index is -1.08. The highest BCUT2D eigenvalue weighted by Crippen LogP contribution is 2.07. The smallest absolute Gasteiger partial charge is 0.249 e. The van der Waals surface area contributed by atoms with Gasteiger partial charge in [-0.15, -0.1) is 0 Å². The molecule has 5 nitrogen and oxygen atoms in total. The molecule has 0 aromatic rings. The summed E-state index contributed by atoms with van der Waals surface area (Å²) >= 11 is 0. The minimum Gasteiger partial charge on any atom is -0.383 e. The third kappa shape index (κ3) is 6.94. The number of carbonyl (C=O) groups excluding carboxylic acids is 2.